The van der Waals surface area contributed by atoms with Crippen molar-refractivity contribution in [1.82, 2.24) is 4.98 Å². The highest BCUT2D eigenvalue weighted by molar-refractivity contribution is 9.10. The molecule has 0 aliphatic rings. The molecule has 1 aromatic carbocycles. The summed E-state index contributed by atoms with van der Waals surface area (Å²) in [5, 5.41) is 5.87. The number of benzene rings is 1. The molecule has 0 saturated carbocycles. The third-order valence-corrected chi connectivity index (χ3v) is 4.71. The number of fused-ring (bicyclic) bond motifs is 1. The Balaban J connectivity index is 1.86. The zero-order valence-corrected chi connectivity index (χ0v) is 14.3. The molecule has 0 radical (unpaired) electrons. The van der Waals surface area contributed by atoms with Gasteiger partial charge in [0.05, 0.1) is 0 Å². The van der Waals surface area contributed by atoms with E-state index < -0.39 is 0 Å². The van der Waals surface area contributed by atoms with E-state index in [1.54, 1.807) is 0 Å². The molecule has 0 spiro atoms. The van der Waals surface area contributed by atoms with Gasteiger partial charge < -0.3 is 5.32 Å². The van der Waals surface area contributed by atoms with Gasteiger partial charge in [-0.05, 0) is 37.0 Å². The highest BCUT2D eigenvalue weighted by atomic mass is 79.9. The van der Waals surface area contributed by atoms with Crippen LogP contribution < -0.4 is 5.32 Å². The number of pyridine rings is 1. The zero-order chi connectivity index (χ0) is 14.2. The molecule has 0 atom stereocenters. The van der Waals surface area contributed by atoms with Crippen molar-refractivity contribution in [3.8, 4) is 0 Å². The van der Waals surface area contributed by atoms with Crippen LogP contribution in [-0.4, -0.2) is 23.5 Å². The van der Waals surface area contributed by atoms with Gasteiger partial charge in [0, 0.05) is 28.0 Å². The van der Waals surface area contributed by atoms with Crippen LogP contribution in [0.25, 0.3) is 10.8 Å². The second-order valence-electron chi connectivity index (χ2n) is 4.83. The maximum absolute atomic E-state index is 4.46. The van der Waals surface area contributed by atoms with Crippen molar-refractivity contribution in [3.05, 3.63) is 34.9 Å². The minimum atomic E-state index is 0.993. The van der Waals surface area contributed by atoms with E-state index in [-0.39, 0.29) is 0 Å². The first kappa shape index (κ1) is 15.6. The first-order valence-electron chi connectivity index (χ1n) is 7.09. The van der Waals surface area contributed by atoms with Crippen molar-refractivity contribution >= 4 is 44.3 Å². The Morgan fingerprint density at radius 2 is 1.95 bits per heavy atom. The van der Waals surface area contributed by atoms with Gasteiger partial charge >= 0.3 is 0 Å². The van der Waals surface area contributed by atoms with E-state index in [0.29, 0.717) is 0 Å². The quantitative estimate of drug-likeness (QED) is 0.649. The highest BCUT2D eigenvalue weighted by Crippen LogP contribution is 2.27. The van der Waals surface area contributed by atoms with E-state index in [1.807, 2.05) is 24.0 Å². The summed E-state index contributed by atoms with van der Waals surface area (Å²) in [7, 11) is 0. The average Bonchev–Trinajstić information content (AvgIpc) is 2.47. The number of anilines is 1. The summed E-state index contributed by atoms with van der Waals surface area (Å²) in [4.78, 5) is 4.46. The van der Waals surface area contributed by atoms with Gasteiger partial charge in [0.2, 0.25) is 0 Å². The lowest BCUT2D eigenvalue weighted by molar-refractivity contribution is 0.688. The van der Waals surface area contributed by atoms with E-state index in [4.69, 9.17) is 0 Å². The van der Waals surface area contributed by atoms with Crippen LogP contribution in [0, 0.1) is 0 Å². The molecular weight excluding hydrogens is 332 g/mol. The smallest absolute Gasteiger partial charge is 0.133 e. The Morgan fingerprint density at radius 1 is 1.10 bits per heavy atom. The molecule has 1 heterocycles. The number of nitrogens with zero attached hydrogens (tertiary/aromatic N) is 1. The first-order chi connectivity index (χ1) is 9.83. The fourth-order valence-electron chi connectivity index (χ4n) is 2.24. The average molecular weight is 353 g/mol. The SMILES string of the molecule is CSCCCCCCNc1nccc2c(Br)cccc12. The number of hydrogen-bond donors (Lipinski definition) is 1. The lowest BCUT2D eigenvalue weighted by atomic mass is 10.1. The summed E-state index contributed by atoms with van der Waals surface area (Å²) < 4.78 is 1.12. The molecule has 2 aromatic rings. The first-order valence-corrected chi connectivity index (χ1v) is 9.27. The summed E-state index contributed by atoms with van der Waals surface area (Å²) in [6.45, 7) is 0.998. The van der Waals surface area contributed by atoms with Gasteiger partial charge in [-0.1, -0.05) is 40.9 Å². The predicted octanol–water partition coefficient (Wildman–Crippen LogP) is 5.33. The van der Waals surface area contributed by atoms with Gasteiger partial charge in [-0.25, -0.2) is 4.98 Å². The molecule has 0 amide bonds. The number of unbranched alkanes of at least 4 members (excludes halogenated alkanes) is 3. The molecule has 1 N–H and O–H groups in total. The minimum Gasteiger partial charge on any atom is -0.370 e. The van der Waals surface area contributed by atoms with Crippen LogP contribution >= 0.6 is 27.7 Å². The number of rotatable bonds is 8. The van der Waals surface area contributed by atoms with Crippen LogP contribution in [0.15, 0.2) is 34.9 Å². The molecule has 0 fully saturated rings. The van der Waals surface area contributed by atoms with E-state index in [9.17, 15) is 0 Å². The van der Waals surface area contributed by atoms with E-state index in [2.05, 4.69) is 50.7 Å². The third-order valence-electron chi connectivity index (χ3n) is 3.32. The molecule has 108 valence electrons. The summed E-state index contributed by atoms with van der Waals surface area (Å²) >= 11 is 5.53. The molecule has 0 aliphatic carbocycles. The van der Waals surface area contributed by atoms with Gasteiger partial charge in [0.25, 0.3) is 0 Å². The van der Waals surface area contributed by atoms with Gasteiger partial charge in [-0.2, -0.15) is 11.8 Å². The number of nitrogens with one attached hydrogen (secondary N) is 1. The number of aromatic nitrogens is 1. The van der Waals surface area contributed by atoms with Crippen molar-refractivity contribution in [3.63, 3.8) is 0 Å². The maximum Gasteiger partial charge on any atom is 0.133 e. The van der Waals surface area contributed by atoms with Crippen LogP contribution in [0.3, 0.4) is 0 Å². The maximum atomic E-state index is 4.46. The summed E-state index contributed by atoms with van der Waals surface area (Å²) in [5.41, 5.74) is 0. The van der Waals surface area contributed by atoms with Crippen molar-refractivity contribution in [1.29, 1.82) is 0 Å². The van der Waals surface area contributed by atoms with Crippen molar-refractivity contribution in [2.45, 2.75) is 25.7 Å². The van der Waals surface area contributed by atoms with E-state index in [0.717, 1.165) is 16.8 Å². The van der Waals surface area contributed by atoms with Gasteiger partial charge in [0.15, 0.2) is 0 Å². The molecule has 2 nitrogen and oxygen atoms in total. The minimum absolute atomic E-state index is 0.993. The van der Waals surface area contributed by atoms with Gasteiger partial charge in [-0.15, -0.1) is 0 Å². The Bertz CT molecular complexity index is 545. The fraction of sp³-hybridized carbons (Fsp3) is 0.438. The second kappa shape index (κ2) is 8.53. The second-order valence-corrected chi connectivity index (χ2v) is 6.67. The largest absolute Gasteiger partial charge is 0.370 e. The highest BCUT2D eigenvalue weighted by Gasteiger charge is 2.03. The molecule has 1 aromatic heterocycles. The predicted molar refractivity (Wildman–Crippen MR) is 94.8 cm³/mol. The number of halogens is 1. The Labute approximate surface area is 133 Å². The normalized spacial score (nSPS) is 10.9. The van der Waals surface area contributed by atoms with Crippen LogP contribution in [0.4, 0.5) is 5.82 Å². The van der Waals surface area contributed by atoms with Crippen LogP contribution in [0.1, 0.15) is 25.7 Å². The van der Waals surface area contributed by atoms with Crippen molar-refractivity contribution in [2.75, 3.05) is 23.9 Å². The molecular formula is C16H21BrN2S. The third kappa shape index (κ3) is 4.38. The lowest BCUT2D eigenvalue weighted by Crippen LogP contribution is -2.03. The molecule has 0 saturated heterocycles. The Morgan fingerprint density at radius 3 is 2.80 bits per heavy atom. The van der Waals surface area contributed by atoms with Gasteiger partial charge in [-0.3, -0.25) is 0 Å². The van der Waals surface area contributed by atoms with Crippen molar-refractivity contribution < 1.29 is 0 Å². The van der Waals surface area contributed by atoms with E-state index in [1.165, 1.54) is 42.2 Å². The van der Waals surface area contributed by atoms with Crippen LogP contribution in [-0.2, 0) is 0 Å². The summed E-state index contributed by atoms with van der Waals surface area (Å²) in [6, 6.07) is 8.29. The molecule has 0 aliphatic heterocycles. The standard InChI is InChI=1S/C16H21BrN2S/c1-20-12-5-3-2-4-10-18-16-14-7-6-8-15(17)13(14)9-11-19-16/h6-9,11H,2-5,10,12H2,1H3,(H,18,19). The number of hydrogen-bond acceptors (Lipinski definition) is 3. The Hall–Kier alpha value is -0.740. The zero-order valence-electron chi connectivity index (χ0n) is 11.9. The molecule has 4 heteroatoms. The van der Waals surface area contributed by atoms with E-state index >= 15 is 0 Å². The Kier molecular flexibility index (Phi) is 6.67. The monoisotopic (exact) mass is 352 g/mol. The number of thioether (sulfide) groups is 1. The van der Waals surface area contributed by atoms with Crippen LogP contribution in [0.5, 0.6) is 0 Å². The summed E-state index contributed by atoms with van der Waals surface area (Å²) in [6.07, 6.45) is 9.21. The fourth-order valence-corrected chi connectivity index (χ4v) is 3.23. The molecule has 2 rings (SSSR count). The molecule has 0 bridgehead atoms. The topological polar surface area (TPSA) is 24.9 Å². The lowest BCUT2D eigenvalue weighted by Gasteiger charge is -2.09. The van der Waals surface area contributed by atoms with Gasteiger partial charge in [0.1, 0.15) is 5.82 Å². The molecule has 0 unspecified atom stereocenters. The van der Waals surface area contributed by atoms with Crippen LogP contribution in [0.2, 0.25) is 0 Å². The summed E-state index contributed by atoms with van der Waals surface area (Å²) in [5.74, 6) is 2.28. The molecule has 20 heavy (non-hydrogen) atoms. The van der Waals surface area contributed by atoms with Crippen molar-refractivity contribution in [2.24, 2.45) is 0 Å².